The van der Waals surface area contributed by atoms with Gasteiger partial charge >= 0.3 is 0 Å². The summed E-state index contributed by atoms with van der Waals surface area (Å²) in [5.74, 6) is 0.435. The van der Waals surface area contributed by atoms with Crippen LogP contribution in [0.1, 0.15) is 44.1 Å². The average Bonchev–Trinajstić information content (AvgIpc) is 3.17. The van der Waals surface area contributed by atoms with E-state index in [1.165, 1.54) is 25.0 Å². The first-order valence-corrected chi connectivity index (χ1v) is 7.52. The lowest BCUT2D eigenvalue weighted by Crippen LogP contribution is -2.32. The van der Waals surface area contributed by atoms with Crippen LogP contribution in [0.2, 0.25) is 0 Å². The molecule has 0 atom stereocenters. The zero-order chi connectivity index (χ0) is 14.0. The molecule has 1 aromatic rings. The van der Waals surface area contributed by atoms with Crippen molar-refractivity contribution >= 4 is 0 Å². The first-order valence-electron chi connectivity index (χ1n) is 7.52. The zero-order valence-corrected chi connectivity index (χ0v) is 11.7. The lowest BCUT2D eigenvalue weighted by Gasteiger charge is -2.23. The van der Waals surface area contributed by atoms with Crippen LogP contribution in [0, 0.1) is 5.82 Å². The second-order valence-corrected chi connectivity index (χ2v) is 6.13. The van der Waals surface area contributed by atoms with E-state index in [9.17, 15) is 9.50 Å². The predicted molar refractivity (Wildman–Crippen MR) is 75.2 cm³/mol. The van der Waals surface area contributed by atoms with Gasteiger partial charge in [0.15, 0.2) is 0 Å². The number of hydrogen-bond donors (Lipinski definition) is 2. The molecule has 0 aromatic heterocycles. The maximum Gasteiger partial charge on any atom is 0.124 e. The molecule has 2 fully saturated rings. The molecule has 2 aliphatic rings. The lowest BCUT2D eigenvalue weighted by molar-refractivity contribution is 0.00109. The molecule has 2 aliphatic carbocycles. The normalized spacial score (nSPS) is 21.1. The Morgan fingerprint density at radius 3 is 2.75 bits per heavy atom. The van der Waals surface area contributed by atoms with Crippen LogP contribution in [-0.2, 0) is 6.54 Å². The van der Waals surface area contributed by atoms with Crippen LogP contribution in [-0.4, -0.2) is 23.4 Å². The second kappa shape index (κ2) is 5.70. The highest BCUT2D eigenvalue weighted by atomic mass is 19.1. The Bertz CT molecular complexity index is 468. The van der Waals surface area contributed by atoms with Gasteiger partial charge in [-0.15, -0.1) is 0 Å². The smallest absolute Gasteiger partial charge is 0.124 e. The Balaban J connectivity index is 1.64. The summed E-state index contributed by atoms with van der Waals surface area (Å²) < 4.78 is 19.1. The molecular weight excluding hydrogens is 257 g/mol. The van der Waals surface area contributed by atoms with Gasteiger partial charge in [-0.25, -0.2) is 4.39 Å². The van der Waals surface area contributed by atoms with Gasteiger partial charge < -0.3 is 15.2 Å². The SMILES string of the molecule is OC1(COc2ccc(F)cc2CNC2CC2)CCCC1. The highest BCUT2D eigenvalue weighted by Gasteiger charge is 2.32. The van der Waals surface area contributed by atoms with Gasteiger partial charge in [0.2, 0.25) is 0 Å². The van der Waals surface area contributed by atoms with Gasteiger partial charge in [0, 0.05) is 18.2 Å². The molecule has 0 aliphatic heterocycles. The summed E-state index contributed by atoms with van der Waals surface area (Å²) in [6, 6.07) is 5.17. The van der Waals surface area contributed by atoms with E-state index in [4.69, 9.17) is 4.74 Å². The molecular formula is C16H22FNO2. The number of ether oxygens (including phenoxy) is 1. The van der Waals surface area contributed by atoms with Crippen molar-refractivity contribution < 1.29 is 14.2 Å². The largest absolute Gasteiger partial charge is 0.490 e. The van der Waals surface area contributed by atoms with E-state index < -0.39 is 5.60 Å². The van der Waals surface area contributed by atoms with Crippen LogP contribution in [0.5, 0.6) is 5.75 Å². The fraction of sp³-hybridized carbons (Fsp3) is 0.625. The molecule has 3 nitrogen and oxygen atoms in total. The predicted octanol–water partition coefficient (Wildman–Crippen LogP) is 2.76. The van der Waals surface area contributed by atoms with Crippen LogP contribution in [0.15, 0.2) is 18.2 Å². The van der Waals surface area contributed by atoms with Crippen molar-refractivity contribution in [1.82, 2.24) is 5.32 Å². The molecule has 110 valence electrons. The van der Waals surface area contributed by atoms with Gasteiger partial charge in [0.1, 0.15) is 18.2 Å². The second-order valence-electron chi connectivity index (χ2n) is 6.13. The standard InChI is InChI=1S/C16H22FNO2/c17-13-3-6-15(12(9-13)10-18-14-4-5-14)20-11-16(19)7-1-2-8-16/h3,6,9,14,18-19H,1-2,4-5,7-8,10-11H2. The summed E-state index contributed by atoms with van der Waals surface area (Å²) in [7, 11) is 0. The highest BCUT2D eigenvalue weighted by Crippen LogP contribution is 2.31. The van der Waals surface area contributed by atoms with Crippen molar-refractivity contribution in [3.63, 3.8) is 0 Å². The summed E-state index contributed by atoms with van der Waals surface area (Å²) >= 11 is 0. The van der Waals surface area contributed by atoms with E-state index in [1.807, 2.05) is 0 Å². The van der Waals surface area contributed by atoms with Crippen molar-refractivity contribution in [2.75, 3.05) is 6.61 Å². The molecule has 0 spiro atoms. The maximum absolute atomic E-state index is 13.4. The van der Waals surface area contributed by atoms with Crippen LogP contribution < -0.4 is 10.1 Å². The number of benzene rings is 1. The molecule has 0 heterocycles. The Hall–Kier alpha value is -1.13. The third-order valence-corrected chi connectivity index (χ3v) is 4.21. The molecule has 2 saturated carbocycles. The van der Waals surface area contributed by atoms with Gasteiger partial charge in [0.25, 0.3) is 0 Å². The van der Waals surface area contributed by atoms with Crippen molar-refractivity contribution in [3.05, 3.63) is 29.6 Å². The lowest BCUT2D eigenvalue weighted by atomic mass is 10.0. The molecule has 0 amide bonds. The molecule has 0 unspecified atom stereocenters. The third kappa shape index (κ3) is 3.49. The highest BCUT2D eigenvalue weighted by molar-refractivity contribution is 5.34. The molecule has 4 heteroatoms. The van der Waals surface area contributed by atoms with Crippen LogP contribution in [0.3, 0.4) is 0 Å². The minimum Gasteiger partial charge on any atom is -0.490 e. The van der Waals surface area contributed by atoms with Gasteiger partial charge in [-0.05, 0) is 43.9 Å². The van der Waals surface area contributed by atoms with Gasteiger partial charge in [-0.2, -0.15) is 0 Å². The summed E-state index contributed by atoms with van der Waals surface area (Å²) in [6.45, 7) is 0.922. The molecule has 0 bridgehead atoms. The molecule has 2 N–H and O–H groups in total. The van der Waals surface area contributed by atoms with Crippen molar-refractivity contribution in [3.8, 4) is 5.75 Å². The Kier molecular flexibility index (Phi) is 3.94. The maximum atomic E-state index is 13.4. The minimum atomic E-state index is -0.699. The molecule has 1 aromatic carbocycles. The van der Waals surface area contributed by atoms with Crippen LogP contribution in [0.4, 0.5) is 4.39 Å². The van der Waals surface area contributed by atoms with Gasteiger partial charge in [-0.3, -0.25) is 0 Å². The Morgan fingerprint density at radius 1 is 1.30 bits per heavy atom. The van der Waals surface area contributed by atoms with E-state index in [2.05, 4.69) is 5.32 Å². The van der Waals surface area contributed by atoms with E-state index in [-0.39, 0.29) is 5.82 Å². The number of nitrogens with one attached hydrogen (secondary N) is 1. The van der Waals surface area contributed by atoms with Gasteiger partial charge in [0.05, 0.1) is 5.60 Å². The number of rotatable bonds is 6. The first kappa shape index (κ1) is 13.8. The van der Waals surface area contributed by atoms with E-state index >= 15 is 0 Å². The number of hydrogen-bond acceptors (Lipinski definition) is 3. The van der Waals surface area contributed by atoms with Crippen molar-refractivity contribution in [2.24, 2.45) is 0 Å². The molecule has 20 heavy (non-hydrogen) atoms. The zero-order valence-electron chi connectivity index (χ0n) is 11.7. The van der Waals surface area contributed by atoms with Crippen LogP contribution >= 0.6 is 0 Å². The average molecular weight is 279 g/mol. The fourth-order valence-electron chi connectivity index (χ4n) is 2.76. The molecule has 0 radical (unpaired) electrons. The summed E-state index contributed by atoms with van der Waals surface area (Å²) in [5.41, 5.74) is 0.133. The monoisotopic (exact) mass is 279 g/mol. The summed E-state index contributed by atoms with van der Waals surface area (Å²) in [6.07, 6.45) is 6.10. The molecule has 3 rings (SSSR count). The fourth-order valence-corrected chi connectivity index (χ4v) is 2.76. The first-order chi connectivity index (χ1) is 9.65. The topological polar surface area (TPSA) is 41.5 Å². The van der Waals surface area contributed by atoms with E-state index in [0.717, 1.165) is 31.2 Å². The minimum absolute atomic E-state index is 0.246. The van der Waals surface area contributed by atoms with Crippen LogP contribution in [0.25, 0.3) is 0 Å². The van der Waals surface area contributed by atoms with E-state index in [1.54, 1.807) is 6.07 Å². The Morgan fingerprint density at radius 2 is 2.05 bits per heavy atom. The number of halogens is 1. The van der Waals surface area contributed by atoms with E-state index in [0.29, 0.717) is 24.9 Å². The van der Waals surface area contributed by atoms with Crippen molar-refractivity contribution in [1.29, 1.82) is 0 Å². The number of aliphatic hydroxyl groups is 1. The summed E-state index contributed by atoms with van der Waals surface area (Å²) in [4.78, 5) is 0. The Labute approximate surface area is 119 Å². The summed E-state index contributed by atoms with van der Waals surface area (Å²) in [5, 5.41) is 13.7. The van der Waals surface area contributed by atoms with Crippen molar-refractivity contribution in [2.45, 2.75) is 56.7 Å². The molecule has 0 saturated heterocycles. The third-order valence-electron chi connectivity index (χ3n) is 4.21. The quantitative estimate of drug-likeness (QED) is 0.841. The van der Waals surface area contributed by atoms with Gasteiger partial charge in [-0.1, -0.05) is 12.8 Å².